The van der Waals surface area contributed by atoms with Crippen molar-refractivity contribution < 1.29 is 19.0 Å². The molecule has 1 atom stereocenters. The molecule has 0 bridgehead atoms. The fourth-order valence-electron chi connectivity index (χ4n) is 3.62. The van der Waals surface area contributed by atoms with Crippen LogP contribution >= 0.6 is 23.5 Å². The Kier molecular flexibility index (Phi) is 18.5. The number of rotatable bonds is 13. The van der Waals surface area contributed by atoms with Crippen molar-refractivity contribution >= 4 is 41.2 Å². The van der Waals surface area contributed by atoms with Gasteiger partial charge < -0.3 is 30.6 Å². The van der Waals surface area contributed by atoms with E-state index in [2.05, 4.69) is 18.2 Å². The molecule has 234 valence electrons. The number of hydrogen-bond donors (Lipinski definition) is 2. The fourth-order valence-corrected chi connectivity index (χ4v) is 5.21. The molecule has 0 heterocycles. The summed E-state index contributed by atoms with van der Waals surface area (Å²) in [7, 11) is 7.14. The summed E-state index contributed by atoms with van der Waals surface area (Å²) in [5.74, 6) is 3.35. The van der Waals surface area contributed by atoms with E-state index in [0.717, 1.165) is 33.1 Å². The van der Waals surface area contributed by atoms with Gasteiger partial charge in [0, 0.05) is 58.5 Å². The number of hydrogen-bond acceptors (Lipinski definition) is 9. The molecule has 1 unspecified atom stereocenters. The molecular formula is C34H47N3O4S2. The van der Waals surface area contributed by atoms with Crippen LogP contribution in [0.5, 0.6) is 17.2 Å². The Hall–Kier alpha value is -3.53. The lowest BCUT2D eigenvalue weighted by atomic mass is 10.1. The van der Waals surface area contributed by atoms with Crippen LogP contribution in [0, 0.1) is 0 Å². The van der Waals surface area contributed by atoms with E-state index >= 15 is 0 Å². The minimum atomic E-state index is -0.618. The summed E-state index contributed by atoms with van der Waals surface area (Å²) in [5.41, 5.74) is 15.1. The van der Waals surface area contributed by atoms with Gasteiger partial charge in [0.2, 0.25) is 0 Å². The zero-order valence-corrected chi connectivity index (χ0v) is 28.3. The Balaban J connectivity index is 0.000000485. The Bertz CT molecular complexity index is 1300. The van der Waals surface area contributed by atoms with Crippen LogP contribution in [0.1, 0.15) is 39.4 Å². The van der Waals surface area contributed by atoms with Crippen LogP contribution in [0.25, 0.3) is 0 Å². The van der Waals surface area contributed by atoms with Gasteiger partial charge in [0.05, 0.1) is 14.2 Å². The number of allylic oxidation sites excluding steroid dienone is 3. The highest BCUT2D eigenvalue weighted by Crippen LogP contribution is 2.36. The number of aldehydes is 1. The van der Waals surface area contributed by atoms with E-state index in [1.54, 1.807) is 32.0 Å². The number of ether oxygens (including phenoxy) is 3. The van der Waals surface area contributed by atoms with Crippen molar-refractivity contribution in [2.45, 2.75) is 43.6 Å². The van der Waals surface area contributed by atoms with Crippen molar-refractivity contribution in [3.63, 3.8) is 0 Å². The number of carbonyl (C=O) groups excluding carboxylic acids is 1. The predicted molar refractivity (Wildman–Crippen MR) is 186 cm³/mol. The summed E-state index contributed by atoms with van der Waals surface area (Å²) in [4.78, 5) is 15.7. The molecule has 0 fully saturated rings. The molecule has 3 rings (SSSR count). The van der Waals surface area contributed by atoms with E-state index in [4.69, 9.17) is 25.7 Å². The Labute approximate surface area is 266 Å². The molecule has 4 N–H and O–H groups in total. The number of thioether (sulfide) groups is 2. The van der Waals surface area contributed by atoms with Gasteiger partial charge in [-0.15, -0.1) is 23.5 Å². The summed E-state index contributed by atoms with van der Waals surface area (Å²) in [6.07, 6.45) is 6.51. The topological polar surface area (TPSA) is 100 Å². The number of nitrogens with two attached hydrogens (primary N) is 2. The van der Waals surface area contributed by atoms with Gasteiger partial charge in [-0.25, -0.2) is 0 Å². The molecule has 3 aromatic rings. The Morgan fingerprint density at radius 2 is 1.60 bits per heavy atom. The highest BCUT2D eigenvalue weighted by molar-refractivity contribution is 7.99. The second-order valence-corrected chi connectivity index (χ2v) is 11.0. The van der Waals surface area contributed by atoms with E-state index in [1.165, 1.54) is 17.3 Å². The number of carbonyl (C=O) groups is 1. The van der Waals surface area contributed by atoms with Crippen LogP contribution < -0.4 is 30.6 Å². The first-order chi connectivity index (χ1) is 20.8. The average Bonchev–Trinajstić information content (AvgIpc) is 3.04. The molecule has 0 aliphatic heterocycles. The van der Waals surface area contributed by atoms with Crippen molar-refractivity contribution in [2.75, 3.05) is 50.6 Å². The summed E-state index contributed by atoms with van der Waals surface area (Å²) >= 11 is 3.22. The van der Waals surface area contributed by atoms with Crippen LogP contribution in [-0.2, 0) is 4.79 Å². The molecule has 0 aromatic heterocycles. The third-order valence-electron chi connectivity index (χ3n) is 5.84. The van der Waals surface area contributed by atoms with Gasteiger partial charge in [0.25, 0.3) is 0 Å². The van der Waals surface area contributed by atoms with E-state index < -0.39 is 6.10 Å². The van der Waals surface area contributed by atoms with Gasteiger partial charge in [-0.1, -0.05) is 44.2 Å². The molecule has 43 heavy (non-hydrogen) atoms. The van der Waals surface area contributed by atoms with Crippen molar-refractivity contribution in [3.05, 3.63) is 90.0 Å². The van der Waals surface area contributed by atoms with Crippen LogP contribution in [-0.4, -0.2) is 46.2 Å². The number of anilines is 2. The molecule has 7 nitrogen and oxygen atoms in total. The predicted octanol–water partition coefficient (Wildman–Crippen LogP) is 8.01. The Morgan fingerprint density at radius 1 is 0.953 bits per heavy atom. The summed E-state index contributed by atoms with van der Waals surface area (Å²) in [6.45, 7) is 8.07. The third kappa shape index (κ3) is 12.7. The molecule has 9 heteroatoms. The zero-order valence-electron chi connectivity index (χ0n) is 26.6. The number of benzene rings is 3. The fraction of sp³-hybridized carbons (Fsp3) is 0.324. The maximum Gasteiger partial charge on any atom is 0.179 e. The van der Waals surface area contributed by atoms with Crippen molar-refractivity contribution in [2.24, 2.45) is 5.73 Å². The van der Waals surface area contributed by atoms with Gasteiger partial charge in [0.15, 0.2) is 23.9 Å². The van der Waals surface area contributed by atoms with E-state index in [1.807, 2.05) is 101 Å². The molecule has 0 amide bonds. The van der Waals surface area contributed by atoms with E-state index in [9.17, 15) is 4.79 Å². The van der Waals surface area contributed by atoms with Crippen molar-refractivity contribution in [1.82, 2.24) is 0 Å². The molecule has 0 saturated heterocycles. The van der Waals surface area contributed by atoms with Crippen LogP contribution in [0.4, 0.5) is 11.4 Å². The normalized spacial score (nSPS) is 11.4. The lowest BCUT2D eigenvalue weighted by Crippen LogP contribution is -2.10. The molecule has 3 aromatic carbocycles. The second-order valence-electron chi connectivity index (χ2n) is 8.84. The maximum atomic E-state index is 11.6. The molecular weight excluding hydrogens is 579 g/mol. The average molecular weight is 626 g/mol. The molecule has 0 aliphatic carbocycles. The first kappa shape index (κ1) is 37.5. The molecule has 0 spiro atoms. The first-order valence-corrected chi connectivity index (χ1v) is 16.0. The molecule has 0 aliphatic rings. The highest BCUT2D eigenvalue weighted by atomic mass is 32.2. The lowest BCUT2D eigenvalue weighted by molar-refractivity contribution is -0.113. The minimum Gasteiger partial charge on any atom is -0.493 e. The quantitative estimate of drug-likeness (QED) is 0.0643. The van der Waals surface area contributed by atoms with E-state index in [-0.39, 0.29) is 0 Å². The Morgan fingerprint density at radius 3 is 2.14 bits per heavy atom. The largest absolute Gasteiger partial charge is 0.493 e. The van der Waals surface area contributed by atoms with Gasteiger partial charge >= 0.3 is 0 Å². The number of nitrogens with zero attached hydrogens (tertiary/aromatic N) is 1. The number of nitrogen functional groups attached to an aromatic ring is 1. The first-order valence-electron chi connectivity index (χ1n) is 14.0. The van der Waals surface area contributed by atoms with Gasteiger partial charge in [0.1, 0.15) is 5.75 Å². The second kappa shape index (κ2) is 21.2. The molecule has 0 saturated carbocycles. The standard InChI is InChI=1S/C23H27NO2S.C9H14N2O2S.C2H6/c1-5-8-18(6-2)17-27-22-10-7-9-19(15-22)23(16-25)26-21-13-11-20(12-14-21)24(3)4;1-12-7-3-6(11)9(14-5-10)4-8(7)13-2;1-2/h5-16,23H,17H2,1-4H3;3-4H,5,10-11H2,1-2H3;1-2H3/b8-5-,18-6+;;. The smallest absolute Gasteiger partial charge is 0.179 e. The monoisotopic (exact) mass is 625 g/mol. The zero-order chi connectivity index (χ0) is 32.2. The minimum absolute atomic E-state index is 0.486. The van der Waals surface area contributed by atoms with Gasteiger partial charge in [-0.05, 0) is 61.9 Å². The highest BCUT2D eigenvalue weighted by Gasteiger charge is 2.13. The van der Waals surface area contributed by atoms with Crippen molar-refractivity contribution in [1.29, 1.82) is 0 Å². The summed E-state index contributed by atoms with van der Waals surface area (Å²) < 4.78 is 16.2. The van der Waals surface area contributed by atoms with Crippen LogP contribution in [0.2, 0.25) is 0 Å². The maximum absolute atomic E-state index is 11.6. The van der Waals surface area contributed by atoms with Gasteiger partial charge in [-0.3, -0.25) is 4.79 Å². The number of methoxy groups -OCH3 is 2. The van der Waals surface area contributed by atoms with Crippen molar-refractivity contribution in [3.8, 4) is 17.2 Å². The van der Waals surface area contributed by atoms with Crippen LogP contribution in [0.3, 0.4) is 0 Å². The lowest BCUT2D eigenvalue weighted by Gasteiger charge is -2.17. The van der Waals surface area contributed by atoms with Gasteiger partial charge in [-0.2, -0.15) is 0 Å². The summed E-state index contributed by atoms with van der Waals surface area (Å²) in [6, 6.07) is 19.3. The SMILES string of the molecule is C/C=C\C(=C/C)CSc1cccc(C(C=O)Oc2ccc(N(C)C)cc2)c1.CC.COc1cc(N)c(SCN)cc1OC. The van der Waals surface area contributed by atoms with E-state index in [0.29, 0.717) is 28.8 Å². The van der Waals surface area contributed by atoms with Crippen LogP contribution in [0.15, 0.2) is 94.3 Å². The molecule has 0 radical (unpaired) electrons. The summed E-state index contributed by atoms with van der Waals surface area (Å²) in [5, 5.41) is 0. The third-order valence-corrected chi connectivity index (χ3v) is 7.73.